The van der Waals surface area contributed by atoms with Crippen molar-refractivity contribution in [2.24, 2.45) is 5.11 Å². The van der Waals surface area contributed by atoms with Gasteiger partial charge in [0.2, 0.25) is 0 Å². The summed E-state index contributed by atoms with van der Waals surface area (Å²) in [6.07, 6.45) is 0. The van der Waals surface area contributed by atoms with Crippen molar-refractivity contribution < 1.29 is 27.1 Å². The predicted octanol–water partition coefficient (Wildman–Crippen LogP) is 3.23. The van der Waals surface area contributed by atoms with E-state index in [1.54, 1.807) is 0 Å². The third-order valence-corrected chi connectivity index (χ3v) is 1.91. The van der Waals surface area contributed by atoms with Crippen molar-refractivity contribution in [3.8, 4) is 0 Å². The van der Waals surface area contributed by atoms with Crippen molar-refractivity contribution in [1.29, 1.82) is 0 Å². The lowest BCUT2D eigenvalue weighted by molar-refractivity contribution is 0.0567. The molecule has 96 valence electrons. The van der Waals surface area contributed by atoms with Gasteiger partial charge in [-0.05, 0) is 5.53 Å². The summed E-state index contributed by atoms with van der Waals surface area (Å²) in [5.41, 5.74) is 4.93. The first-order valence-corrected chi connectivity index (χ1v) is 4.78. The average Bonchev–Trinajstić information content (AvgIpc) is 2.33. The van der Waals surface area contributed by atoms with Gasteiger partial charge in [0, 0.05) is 4.91 Å². The molecule has 10 heteroatoms. The van der Waals surface area contributed by atoms with Gasteiger partial charge in [-0.1, -0.05) is 5.11 Å². The van der Waals surface area contributed by atoms with Gasteiger partial charge in [-0.25, -0.2) is 22.4 Å². The lowest BCUT2D eigenvalue weighted by Crippen LogP contribution is -2.13. The fourth-order valence-corrected chi connectivity index (χ4v) is 1.18. The van der Waals surface area contributed by atoms with Crippen LogP contribution in [0, 0.1) is 23.3 Å². The first-order valence-electron chi connectivity index (χ1n) is 4.14. The fourth-order valence-electron chi connectivity index (χ4n) is 1.06. The Morgan fingerprint density at radius 1 is 1.22 bits per heavy atom. The van der Waals surface area contributed by atoms with Crippen LogP contribution in [0.1, 0.15) is 10.4 Å². The molecule has 0 aliphatic carbocycles. The highest BCUT2D eigenvalue weighted by Gasteiger charge is 2.29. The molecule has 0 saturated heterocycles. The number of benzene rings is 1. The molecule has 0 radical (unpaired) electrons. The van der Waals surface area contributed by atoms with Gasteiger partial charge in [-0.2, -0.15) is 0 Å². The molecule has 0 heterocycles. The maximum atomic E-state index is 13.3. The van der Waals surface area contributed by atoms with Crippen molar-refractivity contribution in [3.63, 3.8) is 0 Å². The molecular formula is C8H3F4N3O2S. The minimum atomic E-state index is -2.01. The highest BCUT2D eigenvalue weighted by atomic mass is 32.1. The highest BCUT2D eigenvalue weighted by Crippen LogP contribution is 2.30. The van der Waals surface area contributed by atoms with Gasteiger partial charge in [0.05, 0.1) is 0 Å². The van der Waals surface area contributed by atoms with E-state index < -0.39 is 46.4 Å². The molecule has 0 aromatic heterocycles. The maximum Gasteiger partial charge on any atom is 0.345 e. The van der Waals surface area contributed by atoms with E-state index in [0.717, 1.165) is 0 Å². The molecule has 0 fully saturated rings. The van der Waals surface area contributed by atoms with Gasteiger partial charge in [-0.15, -0.1) is 12.6 Å². The number of carbonyl (C=O) groups is 1. The Hall–Kier alpha value is -1.93. The highest BCUT2D eigenvalue weighted by molar-refractivity contribution is 7.80. The number of halogens is 4. The van der Waals surface area contributed by atoms with E-state index in [1.807, 2.05) is 4.91 Å². The number of hydrogen-bond acceptors (Lipinski definition) is 4. The Balaban J connectivity index is 3.58. The second-order valence-electron chi connectivity index (χ2n) is 2.73. The van der Waals surface area contributed by atoms with Gasteiger partial charge >= 0.3 is 5.97 Å². The molecule has 0 spiro atoms. The number of ether oxygens (including phenoxy) is 1. The zero-order chi connectivity index (χ0) is 13.9. The third kappa shape index (κ3) is 2.34. The SMILES string of the molecule is [N-]=[N+]=Nc1c(F)c(F)c(C(=O)OCS)c(F)c1F. The average molecular weight is 281 g/mol. The van der Waals surface area contributed by atoms with E-state index in [0.29, 0.717) is 0 Å². The molecule has 5 nitrogen and oxygen atoms in total. The van der Waals surface area contributed by atoms with E-state index in [4.69, 9.17) is 5.53 Å². The standard InChI is InChI=1S/C8H3F4N3O2S/c9-3-2(8(16)17-1-18)4(10)6(12)7(5(3)11)14-15-13/h18H,1H2. The number of hydrogen-bond donors (Lipinski definition) is 1. The fraction of sp³-hybridized carbons (Fsp3) is 0.125. The second kappa shape index (κ2) is 5.61. The van der Waals surface area contributed by atoms with Crippen LogP contribution in [0.2, 0.25) is 0 Å². The predicted molar refractivity (Wildman–Crippen MR) is 54.3 cm³/mol. The second-order valence-corrected chi connectivity index (χ2v) is 2.99. The molecule has 0 bridgehead atoms. The first kappa shape index (κ1) is 14.1. The number of azide groups is 1. The minimum absolute atomic E-state index is 0.543. The summed E-state index contributed by atoms with van der Waals surface area (Å²) in [6, 6.07) is 0. The Kier molecular flexibility index (Phi) is 4.40. The van der Waals surface area contributed by atoms with Crippen molar-refractivity contribution in [1.82, 2.24) is 0 Å². The van der Waals surface area contributed by atoms with Crippen LogP contribution >= 0.6 is 12.6 Å². The summed E-state index contributed by atoms with van der Waals surface area (Å²) in [4.78, 5) is 13.1. The van der Waals surface area contributed by atoms with Gasteiger partial charge in [-0.3, -0.25) is 0 Å². The monoisotopic (exact) mass is 281 g/mol. The minimum Gasteiger partial charge on any atom is -0.451 e. The molecular weight excluding hydrogens is 278 g/mol. The zero-order valence-electron chi connectivity index (χ0n) is 8.32. The Labute approximate surface area is 102 Å². The molecule has 18 heavy (non-hydrogen) atoms. The molecule has 0 amide bonds. The lowest BCUT2D eigenvalue weighted by Gasteiger charge is -2.08. The van der Waals surface area contributed by atoms with E-state index >= 15 is 0 Å². The molecule has 0 saturated carbocycles. The largest absolute Gasteiger partial charge is 0.451 e. The van der Waals surface area contributed by atoms with Crippen LogP contribution in [0.25, 0.3) is 10.4 Å². The summed E-state index contributed by atoms with van der Waals surface area (Å²) >= 11 is 3.44. The molecule has 1 rings (SSSR count). The summed E-state index contributed by atoms with van der Waals surface area (Å²) < 4.78 is 57.2. The third-order valence-electron chi connectivity index (χ3n) is 1.78. The van der Waals surface area contributed by atoms with Crippen molar-refractivity contribution in [2.75, 3.05) is 5.94 Å². The van der Waals surface area contributed by atoms with Crippen LogP contribution in [-0.2, 0) is 4.74 Å². The summed E-state index contributed by atoms with van der Waals surface area (Å²) in [5.74, 6) is -10.2. The van der Waals surface area contributed by atoms with Crippen LogP contribution < -0.4 is 0 Å². The summed E-state index contributed by atoms with van der Waals surface area (Å²) in [7, 11) is 0. The quantitative estimate of drug-likeness (QED) is 0.135. The maximum absolute atomic E-state index is 13.3. The van der Waals surface area contributed by atoms with Crippen LogP contribution in [0.5, 0.6) is 0 Å². The number of thiol groups is 1. The van der Waals surface area contributed by atoms with E-state index in [-0.39, 0.29) is 0 Å². The van der Waals surface area contributed by atoms with Crippen molar-refractivity contribution in [2.45, 2.75) is 0 Å². The molecule has 0 N–H and O–H groups in total. The molecule has 0 aliphatic rings. The smallest absolute Gasteiger partial charge is 0.345 e. The Bertz CT molecular complexity index is 531. The summed E-state index contributed by atoms with van der Waals surface area (Å²) in [6.45, 7) is 0. The zero-order valence-corrected chi connectivity index (χ0v) is 9.22. The Morgan fingerprint density at radius 3 is 2.11 bits per heavy atom. The molecule has 0 unspecified atom stereocenters. The van der Waals surface area contributed by atoms with Crippen LogP contribution in [0.4, 0.5) is 23.2 Å². The molecule has 0 atom stereocenters. The molecule has 1 aromatic rings. The van der Waals surface area contributed by atoms with Gasteiger partial charge in [0.1, 0.15) is 17.2 Å². The normalized spacial score (nSPS) is 9.83. The number of esters is 1. The first-order chi connectivity index (χ1) is 8.45. The molecule has 0 aliphatic heterocycles. The number of rotatable bonds is 3. The van der Waals surface area contributed by atoms with Crippen molar-refractivity contribution >= 4 is 24.3 Å². The van der Waals surface area contributed by atoms with Gasteiger partial charge in [0.15, 0.2) is 23.3 Å². The van der Waals surface area contributed by atoms with Gasteiger partial charge in [0.25, 0.3) is 0 Å². The molecule has 1 aromatic carbocycles. The number of nitrogens with zero attached hydrogens (tertiary/aromatic N) is 3. The van der Waals surface area contributed by atoms with Crippen LogP contribution in [0.3, 0.4) is 0 Å². The Morgan fingerprint density at radius 2 is 1.72 bits per heavy atom. The van der Waals surface area contributed by atoms with Crippen molar-refractivity contribution in [3.05, 3.63) is 39.3 Å². The lowest BCUT2D eigenvalue weighted by atomic mass is 10.1. The summed E-state index contributed by atoms with van der Waals surface area (Å²) in [5, 5.41) is 2.46. The van der Waals surface area contributed by atoms with E-state index in [9.17, 15) is 22.4 Å². The topological polar surface area (TPSA) is 75.1 Å². The van der Waals surface area contributed by atoms with Crippen LogP contribution in [0.15, 0.2) is 5.11 Å². The van der Waals surface area contributed by atoms with Crippen LogP contribution in [-0.4, -0.2) is 11.9 Å². The van der Waals surface area contributed by atoms with E-state index in [1.165, 1.54) is 0 Å². The number of carbonyl (C=O) groups excluding carboxylic acids is 1. The van der Waals surface area contributed by atoms with Gasteiger partial charge < -0.3 is 4.74 Å². The van der Waals surface area contributed by atoms with E-state index in [2.05, 4.69) is 22.5 Å².